The number of para-hydroxylation sites is 1. The monoisotopic (exact) mass is 492 g/mol. The number of hydrogen-bond donors (Lipinski definition) is 2. The van der Waals surface area contributed by atoms with Gasteiger partial charge in [-0.15, -0.1) is 0 Å². The second-order valence-corrected chi connectivity index (χ2v) is 10.2. The summed E-state index contributed by atoms with van der Waals surface area (Å²) in [6.07, 6.45) is 3.21. The first-order valence-corrected chi connectivity index (χ1v) is 12.3. The molecule has 0 saturated carbocycles. The number of carbonyl (C=O) groups excluding carboxylic acids is 3. The van der Waals surface area contributed by atoms with E-state index in [0.717, 1.165) is 41.1 Å². The van der Waals surface area contributed by atoms with Gasteiger partial charge in [0.2, 0.25) is 5.91 Å². The van der Waals surface area contributed by atoms with Gasteiger partial charge in [0.25, 0.3) is 5.91 Å². The number of amides is 4. The van der Waals surface area contributed by atoms with Gasteiger partial charge in [0.1, 0.15) is 18.1 Å². The van der Waals surface area contributed by atoms with Gasteiger partial charge in [-0.25, -0.2) is 14.1 Å². The van der Waals surface area contributed by atoms with Crippen molar-refractivity contribution in [2.24, 2.45) is 0 Å². The van der Waals surface area contributed by atoms with Crippen molar-refractivity contribution in [3.8, 4) is 0 Å². The molecule has 1 atom stereocenters. The van der Waals surface area contributed by atoms with Crippen molar-refractivity contribution in [1.82, 2.24) is 10.2 Å². The van der Waals surface area contributed by atoms with Gasteiger partial charge in [0.15, 0.2) is 0 Å². The molecule has 4 amide bonds. The van der Waals surface area contributed by atoms with Crippen LogP contribution in [0.5, 0.6) is 0 Å². The Morgan fingerprint density at radius 2 is 1.97 bits per heavy atom. The Hall–Kier alpha value is -3.68. The summed E-state index contributed by atoms with van der Waals surface area (Å²) in [5.41, 5.74) is 3.43. The summed E-state index contributed by atoms with van der Waals surface area (Å²) < 4.78 is 15.3. The Morgan fingerprint density at radius 1 is 1.25 bits per heavy atom. The topological polar surface area (TPSA) is 81.8 Å². The van der Waals surface area contributed by atoms with Gasteiger partial charge in [0, 0.05) is 29.0 Å². The SMILES string of the molecule is CCCN1c2cc(F)c(/C=C3/NC(=O)N(CC(=O)Nc4ccccc4C)C3=O)cc2C(C)CC1(C)C. The normalized spacial score (nSPS) is 19.9. The lowest BCUT2D eigenvalue weighted by atomic mass is 9.79. The maximum atomic E-state index is 15.3. The number of benzene rings is 2. The van der Waals surface area contributed by atoms with Gasteiger partial charge in [-0.3, -0.25) is 9.59 Å². The Kier molecular flexibility index (Phi) is 6.89. The predicted molar refractivity (Wildman–Crippen MR) is 139 cm³/mol. The van der Waals surface area contributed by atoms with Crippen LogP contribution in [0.4, 0.5) is 20.6 Å². The molecule has 36 heavy (non-hydrogen) atoms. The number of rotatable bonds is 6. The fourth-order valence-electron chi connectivity index (χ4n) is 5.20. The molecule has 0 radical (unpaired) electrons. The maximum Gasteiger partial charge on any atom is 0.329 e. The van der Waals surface area contributed by atoms with Crippen LogP contribution in [-0.4, -0.2) is 41.4 Å². The molecular formula is C28H33FN4O3. The lowest BCUT2D eigenvalue weighted by molar-refractivity contribution is -0.127. The van der Waals surface area contributed by atoms with E-state index in [1.165, 1.54) is 12.1 Å². The average Bonchev–Trinajstić information content (AvgIpc) is 3.06. The van der Waals surface area contributed by atoms with E-state index in [0.29, 0.717) is 5.69 Å². The van der Waals surface area contributed by atoms with Crippen LogP contribution in [0.1, 0.15) is 63.1 Å². The summed E-state index contributed by atoms with van der Waals surface area (Å²) in [5.74, 6) is -1.43. The highest BCUT2D eigenvalue weighted by atomic mass is 19.1. The quantitative estimate of drug-likeness (QED) is 0.431. The molecule has 4 rings (SSSR count). The number of nitrogens with one attached hydrogen (secondary N) is 2. The Labute approximate surface area is 211 Å². The highest BCUT2D eigenvalue weighted by molar-refractivity contribution is 6.16. The van der Waals surface area contributed by atoms with Crippen molar-refractivity contribution >= 4 is 35.3 Å². The fraction of sp³-hybridized carbons (Fsp3) is 0.393. The minimum Gasteiger partial charge on any atom is -0.366 e. The number of halogens is 1. The van der Waals surface area contributed by atoms with Crippen molar-refractivity contribution in [1.29, 1.82) is 0 Å². The summed E-state index contributed by atoms with van der Waals surface area (Å²) in [5, 5.41) is 5.20. The van der Waals surface area contributed by atoms with Crippen LogP contribution in [0.3, 0.4) is 0 Å². The highest BCUT2D eigenvalue weighted by Crippen LogP contribution is 2.44. The molecule has 2 heterocycles. The number of urea groups is 1. The predicted octanol–water partition coefficient (Wildman–Crippen LogP) is 5.17. The van der Waals surface area contributed by atoms with Gasteiger partial charge < -0.3 is 15.5 Å². The number of hydrogen-bond acceptors (Lipinski definition) is 4. The third-order valence-corrected chi connectivity index (χ3v) is 6.93. The van der Waals surface area contributed by atoms with E-state index in [9.17, 15) is 14.4 Å². The third-order valence-electron chi connectivity index (χ3n) is 6.93. The van der Waals surface area contributed by atoms with Gasteiger partial charge in [-0.05, 0) is 74.9 Å². The Bertz CT molecular complexity index is 1250. The number of aryl methyl sites for hydroxylation is 1. The minimum atomic E-state index is -0.714. The zero-order chi connectivity index (χ0) is 26.2. The van der Waals surface area contributed by atoms with Crippen molar-refractivity contribution < 1.29 is 18.8 Å². The molecule has 1 fully saturated rings. The van der Waals surface area contributed by atoms with E-state index >= 15 is 4.39 Å². The largest absolute Gasteiger partial charge is 0.366 e. The van der Waals surface area contributed by atoms with E-state index in [1.54, 1.807) is 18.2 Å². The van der Waals surface area contributed by atoms with Crippen LogP contribution in [-0.2, 0) is 9.59 Å². The first-order chi connectivity index (χ1) is 17.0. The Morgan fingerprint density at radius 3 is 2.67 bits per heavy atom. The van der Waals surface area contributed by atoms with Crippen LogP contribution in [0.2, 0.25) is 0 Å². The molecule has 190 valence electrons. The third kappa shape index (κ3) is 4.85. The molecule has 8 heteroatoms. The summed E-state index contributed by atoms with van der Waals surface area (Å²) in [6.45, 7) is 10.8. The van der Waals surface area contributed by atoms with Gasteiger partial charge >= 0.3 is 6.03 Å². The number of imide groups is 1. The molecule has 0 aromatic heterocycles. The number of fused-ring (bicyclic) bond motifs is 1. The number of anilines is 2. The van der Waals surface area contributed by atoms with Crippen LogP contribution >= 0.6 is 0 Å². The summed E-state index contributed by atoms with van der Waals surface area (Å²) >= 11 is 0. The summed E-state index contributed by atoms with van der Waals surface area (Å²) in [4.78, 5) is 41.0. The smallest absolute Gasteiger partial charge is 0.329 e. The maximum absolute atomic E-state index is 15.3. The average molecular weight is 493 g/mol. The van der Waals surface area contributed by atoms with Crippen molar-refractivity contribution in [3.05, 3.63) is 64.6 Å². The second kappa shape index (κ2) is 9.76. The standard InChI is InChI=1S/C28H33FN4O3/c1-6-11-33-24-14-21(29)19(12-20(24)18(3)15-28(33,4)5)13-23-26(35)32(27(36)31-23)16-25(34)30-22-10-8-7-9-17(22)2/h7-10,12-14,18H,6,11,15-16H2,1-5H3,(H,30,34)(H,31,36)/b23-13+. The molecular weight excluding hydrogens is 459 g/mol. The Balaban J connectivity index is 1.57. The van der Waals surface area contributed by atoms with Crippen molar-refractivity contribution in [2.45, 2.75) is 58.9 Å². The lowest BCUT2D eigenvalue weighted by Gasteiger charge is -2.47. The minimum absolute atomic E-state index is 0.0586. The van der Waals surface area contributed by atoms with Gasteiger partial charge in [-0.1, -0.05) is 32.0 Å². The van der Waals surface area contributed by atoms with E-state index in [2.05, 4.69) is 43.2 Å². The molecule has 1 unspecified atom stereocenters. The molecule has 2 aliphatic heterocycles. The van der Waals surface area contributed by atoms with Crippen LogP contribution in [0.15, 0.2) is 42.1 Å². The lowest BCUT2D eigenvalue weighted by Crippen LogP contribution is -2.48. The van der Waals surface area contributed by atoms with Crippen LogP contribution in [0.25, 0.3) is 6.08 Å². The molecule has 2 N–H and O–H groups in total. The summed E-state index contributed by atoms with van der Waals surface area (Å²) in [7, 11) is 0. The van der Waals surface area contributed by atoms with E-state index in [4.69, 9.17) is 0 Å². The van der Waals surface area contributed by atoms with Crippen LogP contribution in [0, 0.1) is 12.7 Å². The number of carbonyl (C=O) groups is 3. The van der Waals surface area contributed by atoms with E-state index < -0.39 is 30.2 Å². The van der Waals surface area contributed by atoms with E-state index in [-0.39, 0.29) is 22.7 Å². The molecule has 2 aromatic rings. The van der Waals surface area contributed by atoms with Gasteiger partial charge in [0.05, 0.1) is 0 Å². The molecule has 1 saturated heterocycles. The molecule has 0 spiro atoms. The molecule has 7 nitrogen and oxygen atoms in total. The van der Waals surface area contributed by atoms with Crippen LogP contribution < -0.4 is 15.5 Å². The zero-order valence-corrected chi connectivity index (χ0v) is 21.4. The molecule has 2 aromatic carbocycles. The van der Waals surface area contributed by atoms with Crippen molar-refractivity contribution in [3.63, 3.8) is 0 Å². The summed E-state index contributed by atoms with van der Waals surface area (Å²) in [6, 6.07) is 9.81. The highest BCUT2D eigenvalue weighted by Gasteiger charge is 2.38. The zero-order valence-electron chi connectivity index (χ0n) is 21.4. The van der Waals surface area contributed by atoms with Gasteiger partial charge in [-0.2, -0.15) is 0 Å². The van der Waals surface area contributed by atoms with Crippen molar-refractivity contribution in [2.75, 3.05) is 23.3 Å². The molecule has 2 aliphatic rings. The molecule has 0 aliphatic carbocycles. The fourth-order valence-corrected chi connectivity index (χ4v) is 5.20. The first-order valence-electron chi connectivity index (χ1n) is 12.3. The first kappa shape index (κ1) is 25.4. The second-order valence-electron chi connectivity index (χ2n) is 10.2. The van der Waals surface area contributed by atoms with E-state index in [1.807, 2.05) is 19.1 Å². The number of nitrogens with zero attached hydrogens (tertiary/aromatic N) is 2. The molecule has 0 bridgehead atoms.